The van der Waals surface area contributed by atoms with Gasteiger partial charge in [-0.25, -0.2) is 4.79 Å². The van der Waals surface area contributed by atoms with E-state index in [0.717, 1.165) is 10.5 Å². The fraction of sp³-hybridized carbons (Fsp3) is 0.740. The Morgan fingerprint density at radius 3 is 1.55 bits per heavy atom. The molecule has 1 fully saturated rings. The van der Waals surface area contributed by atoms with Gasteiger partial charge in [0.05, 0.1) is 24.8 Å². The first-order valence-corrected chi connectivity index (χ1v) is 36.5. The second kappa shape index (κ2) is 42.5. The fourth-order valence-electron chi connectivity index (χ4n) is 13.6. The highest BCUT2D eigenvalue weighted by Gasteiger charge is 2.47. The minimum atomic E-state index is -1.68. The Balaban J connectivity index is 3.14. The van der Waals surface area contributed by atoms with Crippen molar-refractivity contribution in [1.29, 1.82) is 0 Å². The zero-order chi connectivity index (χ0) is 77.4. The van der Waals surface area contributed by atoms with E-state index in [1.54, 1.807) is 81.4 Å². The van der Waals surface area contributed by atoms with Crippen molar-refractivity contribution in [3.8, 4) is 0 Å². The second-order valence-corrected chi connectivity index (χ2v) is 30.6. The Labute approximate surface area is 604 Å². The second-order valence-electron chi connectivity index (χ2n) is 30.6. The van der Waals surface area contributed by atoms with Gasteiger partial charge in [-0.3, -0.25) is 52.7 Å². The van der Waals surface area contributed by atoms with Crippen LogP contribution in [0.5, 0.6) is 0 Å². The van der Waals surface area contributed by atoms with Crippen LogP contribution in [0.15, 0.2) is 42.5 Å². The summed E-state index contributed by atoms with van der Waals surface area (Å²) in [6.07, 6.45) is 1.22. The summed E-state index contributed by atoms with van der Waals surface area (Å²) in [6, 6.07) is -1.21. The number of Topliss-reactive ketones (excluding diaryl/α,β-unsaturated/α-hetero) is 3. The van der Waals surface area contributed by atoms with Gasteiger partial charge in [-0.05, 0) is 92.9 Å². The van der Waals surface area contributed by atoms with Crippen LogP contribution in [0.2, 0.25) is 0 Å². The highest BCUT2D eigenvalue weighted by molar-refractivity contribution is 6.00. The Morgan fingerprint density at radius 2 is 1.05 bits per heavy atom. The molecule has 0 spiro atoms. The van der Waals surface area contributed by atoms with E-state index in [1.165, 1.54) is 97.8 Å². The average molecular weight is 1420 g/mol. The van der Waals surface area contributed by atoms with Crippen LogP contribution in [0.1, 0.15) is 181 Å². The van der Waals surface area contributed by atoms with Gasteiger partial charge >= 0.3 is 6.09 Å². The van der Waals surface area contributed by atoms with Crippen molar-refractivity contribution in [2.45, 2.75) is 236 Å². The van der Waals surface area contributed by atoms with E-state index in [2.05, 4.69) is 5.32 Å². The molecule has 1 aromatic rings. The number of hydrogen-bond acceptors (Lipinski definition) is 15. The van der Waals surface area contributed by atoms with Gasteiger partial charge in [-0.15, -0.1) is 0 Å². The molecule has 0 radical (unpaired) electrons. The number of carbonyl (C=O) groups is 12. The van der Waals surface area contributed by atoms with E-state index in [9.17, 15) is 24.3 Å². The molecule has 1 aliphatic heterocycles. The van der Waals surface area contributed by atoms with Crippen LogP contribution in [0, 0.1) is 59.2 Å². The van der Waals surface area contributed by atoms with Gasteiger partial charge in [0.1, 0.15) is 48.6 Å². The van der Waals surface area contributed by atoms with E-state index in [0.29, 0.717) is 0 Å². The average Bonchev–Trinajstić information content (AvgIpc) is 0.813. The quantitative estimate of drug-likeness (QED) is 0.104. The van der Waals surface area contributed by atoms with Gasteiger partial charge < -0.3 is 59.1 Å². The smallest absolute Gasteiger partial charge is 0.409 e. The molecule has 0 aliphatic carbocycles. The summed E-state index contributed by atoms with van der Waals surface area (Å²) in [6.45, 7) is 28.4. The number of aliphatic hydroxyl groups excluding tert-OH is 1. The predicted octanol–water partition coefficient (Wildman–Crippen LogP) is 8.19. The molecule has 101 heavy (non-hydrogen) atoms. The molecule has 0 saturated carbocycles. The molecule has 1 heterocycles. The van der Waals surface area contributed by atoms with E-state index < -0.39 is 161 Å². The number of carbonyl (C=O) groups excluding carboxylic acids is 12. The molecule has 24 nitrogen and oxygen atoms in total. The molecule has 2 rings (SSSR count). The summed E-state index contributed by atoms with van der Waals surface area (Å²) in [4.78, 5) is 190. The predicted molar refractivity (Wildman–Crippen MR) is 391 cm³/mol. The maximum atomic E-state index is 15.6. The summed E-state index contributed by atoms with van der Waals surface area (Å²) in [5.74, 6) is -12.4. The summed E-state index contributed by atoms with van der Waals surface area (Å²) in [5, 5.41) is 15.2. The number of rotatable bonds is 22. The fourth-order valence-corrected chi connectivity index (χ4v) is 13.6. The third-order valence-electron chi connectivity index (χ3n) is 20.0. The molecule has 2 N–H and O–H groups in total. The number of amides is 9. The van der Waals surface area contributed by atoms with Crippen LogP contribution < -0.4 is 5.32 Å². The molecular weight excluding hydrogens is 1290 g/mol. The Hall–Kier alpha value is -7.08. The van der Waals surface area contributed by atoms with Gasteiger partial charge in [0, 0.05) is 113 Å². The molecule has 1 saturated heterocycles. The van der Waals surface area contributed by atoms with Crippen molar-refractivity contribution in [3.05, 3.63) is 48.0 Å². The zero-order valence-corrected chi connectivity index (χ0v) is 65.9. The van der Waals surface area contributed by atoms with Crippen LogP contribution in [0.4, 0.5) is 4.79 Å². The lowest BCUT2D eigenvalue weighted by molar-refractivity contribution is -0.157. The number of allylic oxidation sites excluding steroid dienone is 2. The number of ketones is 3. The van der Waals surface area contributed by atoms with Crippen molar-refractivity contribution in [1.82, 2.24) is 44.5 Å². The molecule has 1 aliphatic rings. The molecule has 572 valence electrons. The minimum absolute atomic E-state index is 0.00286. The number of ether oxygens (including phenoxy) is 2. The number of methoxy groups -OCH3 is 1. The van der Waals surface area contributed by atoms with Crippen LogP contribution in [0.3, 0.4) is 0 Å². The number of likely N-dealkylation sites (N-methyl/N-ethyl adjacent to an activating group) is 7. The van der Waals surface area contributed by atoms with Gasteiger partial charge in [-0.1, -0.05) is 146 Å². The number of nitrogens with one attached hydrogen (secondary N) is 1. The van der Waals surface area contributed by atoms with E-state index in [-0.39, 0.29) is 108 Å². The van der Waals surface area contributed by atoms with Crippen LogP contribution in [0.25, 0.3) is 0 Å². The SMILES string of the molecule is C/C=C/C[C@@H](C)[C@@H](O)[C@H]1C(=O)N[C@@H](CC)C(=O)N(C)[C@H](CCCN(C)C(=O)OCc2ccccc2)C(=O)N(C)[C@@H]([C@H](C)COC)C(=O)C[C@@H](C(C)C)C(=O)N(C)[C@@H](CC(C)C)C(=O)C[C@@H](C)C(=O)C[C@H](C)C(=O)N(C)[C@@H](CC(C)C)C(=O)N(C)[C@@H](CC(C)C)C(=O)N(C)[C@@H](C(C)C)C(=O)N1C. The molecule has 0 aromatic heterocycles. The molecular formula is C77H129N9O15. The topological polar surface area (TPSA) is 281 Å². The number of nitrogens with zero attached hydrogens (tertiary/aromatic N) is 8. The van der Waals surface area contributed by atoms with Gasteiger partial charge in [-0.2, -0.15) is 0 Å². The molecule has 9 amide bonds. The van der Waals surface area contributed by atoms with Crippen molar-refractivity contribution in [2.24, 2.45) is 59.2 Å². The molecule has 0 unspecified atom stereocenters. The zero-order valence-electron chi connectivity index (χ0n) is 65.9. The normalized spacial score (nSPS) is 25.6. The number of aliphatic hydroxyl groups is 1. The van der Waals surface area contributed by atoms with Crippen molar-refractivity contribution < 1.29 is 72.1 Å². The van der Waals surface area contributed by atoms with Crippen LogP contribution >= 0.6 is 0 Å². The van der Waals surface area contributed by atoms with Gasteiger partial charge in [0.2, 0.25) is 47.3 Å². The summed E-state index contributed by atoms with van der Waals surface area (Å²) < 4.78 is 11.2. The third kappa shape index (κ3) is 25.7. The maximum Gasteiger partial charge on any atom is 0.409 e. The lowest BCUT2D eigenvalue weighted by Gasteiger charge is -2.41. The molecule has 1 aromatic carbocycles. The Kier molecular flexibility index (Phi) is 37.9. The summed E-state index contributed by atoms with van der Waals surface area (Å²) in [5.41, 5.74) is 0.763. The monoisotopic (exact) mass is 1420 g/mol. The Morgan fingerprint density at radius 1 is 0.574 bits per heavy atom. The molecule has 14 atom stereocenters. The number of benzene rings is 1. The lowest BCUT2D eigenvalue weighted by Crippen LogP contribution is -2.64. The van der Waals surface area contributed by atoms with Gasteiger partial charge in [0.15, 0.2) is 11.6 Å². The largest absolute Gasteiger partial charge is 0.445 e. The van der Waals surface area contributed by atoms with Crippen molar-refractivity contribution >= 4 is 70.7 Å². The van der Waals surface area contributed by atoms with E-state index >= 15 is 38.4 Å². The van der Waals surface area contributed by atoms with Crippen LogP contribution in [-0.2, 0) is 68.8 Å². The van der Waals surface area contributed by atoms with E-state index in [1.807, 2.05) is 71.9 Å². The first-order valence-electron chi connectivity index (χ1n) is 36.5. The lowest BCUT2D eigenvalue weighted by atomic mass is 9.83. The molecule has 24 heteroatoms. The first-order chi connectivity index (χ1) is 47.1. The van der Waals surface area contributed by atoms with E-state index in [4.69, 9.17) is 9.47 Å². The minimum Gasteiger partial charge on any atom is -0.445 e. The summed E-state index contributed by atoms with van der Waals surface area (Å²) in [7, 11) is 13.1. The first kappa shape index (κ1) is 90.0. The van der Waals surface area contributed by atoms with Gasteiger partial charge in [0.25, 0.3) is 0 Å². The standard InChI is InChI=1S/C77H129N9O15/c1-26-28-33-51(13)68(90)67-69(91)78-57(27-2)72(94)80(18)58(36-32-37-79(17)77(99)101-45-55-34-30-29-31-35-55)73(95)85(23)66(54(16)44-100-25)64(89)43-56(49(9)10)71(93)81(19)59(38-46(3)4)63(88)41-52(14)62(87)42-53(15)70(92)82(20)60(39-47(5)6)74(96)83(21)61(40-48(7)8)75(97)84(22)65(50(11)12)76(98)86(67)24/h26,28-31,34-35,46-54,56-61,65-68,90H,27,32-33,36-45H2,1-25H3,(H,78,91)/b28-26+/t51-,52-,53+,54-,56+,57+,58-,59+,60+,61+,65+,66+,67+,68-/m1/s1. The summed E-state index contributed by atoms with van der Waals surface area (Å²) >= 11 is 0. The highest BCUT2D eigenvalue weighted by atomic mass is 16.6. The molecule has 0 bridgehead atoms. The Bertz CT molecular complexity index is 2940. The van der Waals surface area contributed by atoms with Crippen molar-refractivity contribution in [2.75, 3.05) is 76.6 Å². The third-order valence-corrected chi connectivity index (χ3v) is 20.0. The van der Waals surface area contributed by atoms with Crippen molar-refractivity contribution in [3.63, 3.8) is 0 Å². The van der Waals surface area contributed by atoms with Crippen LogP contribution in [-0.4, -0.2) is 246 Å². The number of hydrogen-bond donors (Lipinski definition) is 2. The highest BCUT2D eigenvalue weighted by Crippen LogP contribution is 2.30. The maximum absolute atomic E-state index is 15.6.